The summed E-state index contributed by atoms with van der Waals surface area (Å²) >= 11 is 0. The Morgan fingerprint density at radius 3 is 2.10 bits per heavy atom. The SMILES string of the molecule is CC(C)(C)OC(=O)N[C@@H](c1nc(-c2ccccc2)cn1Cc1ccccc1)C(C)(C)C. The molecule has 5 heteroatoms. The zero-order valence-electron chi connectivity index (χ0n) is 19.3. The van der Waals surface area contributed by atoms with Crippen LogP contribution < -0.4 is 5.32 Å². The average molecular weight is 420 g/mol. The van der Waals surface area contributed by atoms with Crippen LogP contribution in [0.4, 0.5) is 4.79 Å². The molecule has 0 unspecified atom stereocenters. The second kappa shape index (κ2) is 8.96. The van der Waals surface area contributed by atoms with E-state index in [1.165, 1.54) is 5.56 Å². The summed E-state index contributed by atoms with van der Waals surface area (Å²) < 4.78 is 7.68. The summed E-state index contributed by atoms with van der Waals surface area (Å²) in [6.07, 6.45) is 1.62. The van der Waals surface area contributed by atoms with E-state index >= 15 is 0 Å². The average Bonchev–Trinajstić information content (AvgIpc) is 3.08. The van der Waals surface area contributed by atoms with Crippen molar-refractivity contribution in [1.29, 1.82) is 0 Å². The third-order valence-electron chi connectivity index (χ3n) is 4.86. The Bertz CT molecular complexity index is 997. The highest BCUT2D eigenvalue weighted by Gasteiger charge is 2.33. The van der Waals surface area contributed by atoms with E-state index < -0.39 is 11.7 Å². The Labute approximate surface area is 185 Å². The number of nitrogens with zero attached hydrogens (tertiary/aromatic N) is 2. The molecule has 1 N–H and O–H groups in total. The zero-order valence-corrected chi connectivity index (χ0v) is 19.3. The molecule has 164 valence electrons. The number of ether oxygens (including phenoxy) is 1. The Morgan fingerprint density at radius 1 is 0.968 bits per heavy atom. The van der Waals surface area contributed by atoms with E-state index in [2.05, 4.69) is 49.0 Å². The van der Waals surface area contributed by atoms with Gasteiger partial charge in [0.25, 0.3) is 0 Å². The molecule has 0 radical (unpaired) electrons. The summed E-state index contributed by atoms with van der Waals surface area (Å²) in [7, 11) is 0. The van der Waals surface area contributed by atoms with Crippen LogP contribution in [0.5, 0.6) is 0 Å². The second-order valence-electron chi connectivity index (χ2n) is 9.91. The van der Waals surface area contributed by atoms with Crippen molar-refractivity contribution in [2.45, 2.75) is 59.7 Å². The van der Waals surface area contributed by atoms with Crippen molar-refractivity contribution in [2.24, 2.45) is 5.41 Å². The quantitative estimate of drug-likeness (QED) is 0.535. The van der Waals surface area contributed by atoms with Crippen molar-refractivity contribution in [3.63, 3.8) is 0 Å². The number of aromatic nitrogens is 2. The Kier molecular flexibility index (Phi) is 6.54. The van der Waals surface area contributed by atoms with E-state index in [0.717, 1.165) is 17.1 Å². The lowest BCUT2D eigenvalue weighted by Crippen LogP contribution is -2.41. The standard InChI is InChI=1S/C26H33N3O2/c1-25(2,3)22(28-24(30)31-26(4,5)6)23-27-21(20-15-11-8-12-16-20)18-29(23)17-19-13-9-7-10-14-19/h7-16,18,22H,17H2,1-6H3,(H,28,30)/t22-/m0/s1. The number of alkyl carbamates (subject to hydrolysis) is 1. The topological polar surface area (TPSA) is 56.1 Å². The van der Waals surface area contributed by atoms with Crippen molar-refractivity contribution in [1.82, 2.24) is 14.9 Å². The van der Waals surface area contributed by atoms with Gasteiger partial charge in [-0.05, 0) is 31.7 Å². The van der Waals surface area contributed by atoms with Gasteiger partial charge in [-0.15, -0.1) is 0 Å². The largest absolute Gasteiger partial charge is 0.444 e. The number of nitrogens with one attached hydrogen (secondary N) is 1. The summed E-state index contributed by atoms with van der Waals surface area (Å²) in [6, 6.07) is 20.0. The molecule has 3 rings (SSSR count). The van der Waals surface area contributed by atoms with Crippen LogP contribution in [0.15, 0.2) is 66.9 Å². The molecule has 0 saturated carbocycles. The minimum atomic E-state index is -0.568. The van der Waals surface area contributed by atoms with E-state index in [4.69, 9.17) is 9.72 Å². The monoisotopic (exact) mass is 419 g/mol. The van der Waals surface area contributed by atoms with Crippen LogP contribution in [0.1, 0.15) is 59.0 Å². The summed E-state index contributed by atoms with van der Waals surface area (Å²) in [5, 5.41) is 3.08. The van der Waals surface area contributed by atoms with Crippen LogP contribution in [0.2, 0.25) is 0 Å². The summed E-state index contributed by atoms with van der Waals surface area (Å²) in [6.45, 7) is 12.5. The Morgan fingerprint density at radius 2 is 1.55 bits per heavy atom. The fraction of sp³-hybridized carbons (Fsp3) is 0.385. The molecule has 31 heavy (non-hydrogen) atoms. The second-order valence-corrected chi connectivity index (χ2v) is 9.91. The molecule has 0 aliphatic rings. The molecular weight excluding hydrogens is 386 g/mol. The van der Waals surface area contributed by atoms with Crippen LogP contribution in [0, 0.1) is 5.41 Å². The number of amides is 1. The number of hydrogen-bond donors (Lipinski definition) is 1. The molecule has 2 aromatic carbocycles. The zero-order chi connectivity index (χ0) is 22.6. The molecule has 0 bridgehead atoms. The van der Waals surface area contributed by atoms with Gasteiger partial charge < -0.3 is 14.6 Å². The van der Waals surface area contributed by atoms with E-state index in [1.54, 1.807) is 0 Å². The number of imidazole rings is 1. The molecule has 5 nitrogen and oxygen atoms in total. The first kappa shape index (κ1) is 22.6. The molecule has 0 aliphatic heterocycles. The van der Waals surface area contributed by atoms with Gasteiger partial charge in [0.15, 0.2) is 0 Å². The lowest BCUT2D eigenvalue weighted by atomic mass is 9.86. The maximum absolute atomic E-state index is 12.7. The lowest BCUT2D eigenvalue weighted by Gasteiger charge is -2.32. The number of carbonyl (C=O) groups excluding carboxylic acids is 1. The number of hydrogen-bond acceptors (Lipinski definition) is 3. The van der Waals surface area contributed by atoms with Crippen LogP contribution in [0.25, 0.3) is 11.3 Å². The van der Waals surface area contributed by atoms with Gasteiger partial charge in [-0.3, -0.25) is 0 Å². The molecule has 0 spiro atoms. The first-order chi connectivity index (χ1) is 14.5. The first-order valence-corrected chi connectivity index (χ1v) is 10.7. The summed E-state index contributed by atoms with van der Waals surface area (Å²) in [5.41, 5.74) is 2.25. The fourth-order valence-electron chi connectivity index (χ4n) is 3.41. The molecular formula is C26H33N3O2. The molecule has 1 atom stereocenters. The van der Waals surface area contributed by atoms with E-state index in [-0.39, 0.29) is 11.5 Å². The molecule has 1 aromatic heterocycles. The highest BCUT2D eigenvalue weighted by molar-refractivity contribution is 5.68. The fourth-order valence-corrected chi connectivity index (χ4v) is 3.41. The van der Waals surface area contributed by atoms with Crippen LogP contribution in [-0.2, 0) is 11.3 Å². The lowest BCUT2D eigenvalue weighted by molar-refractivity contribution is 0.0456. The van der Waals surface area contributed by atoms with Crippen molar-refractivity contribution in [3.05, 3.63) is 78.2 Å². The predicted octanol–water partition coefficient (Wildman–Crippen LogP) is 6.21. The van der Waals surface area contributed by atoms with Crippen LogP contribution >= 0.6 is 0 Å². The summed E-state index contributed by atoms with van der Waals surface area (Å²) in [4.78, 5) is 17.7. The molecule has 0 fully saturated rings. The Hall–Kier alpha value is -3.08. The van der Waals surface area contributed by atoms with Gasteiger partial charge in [-0.1, -0.05) is 81.4 Å². The number of rotatable bonds is 5. The highest BCUT2D eigenvalue weighted by Crippen LogP contribution is 2.34. The van der Waals surface area contributed by atoms with Gasteiger partial charge in [0.1, 0.15) is 11.4 Å². The minimum absolute atomic E-state index is 0.273. The number of carbonyl (C=O) groups is 1. The molecule has 0 aliphatic carbocycles. The minimum Gasteiger partial charge on any atom is -0.444 e. The molecule has 1 heterocycles. The van der Waals surface area contributed by atoms with Gasteiger partial charge in [-0.25, -0.2) is 9.78 Å². The third kappa shape index (κ3) is 6.20. The third-order valence-corrected chi connectivity index (χ3v) is 4.86. The summed E-state index contributed by atoms with van der Waals surface area (Å²) in [5.74, 6) is 0.807. The van der Waals surface area contributed by atoms with Crippen molar-refractivity contribution < 1.29 is 9.53 Å². The molecule has 0 saturated heterocycles. The highest BCUT2D eigenvalue weighted by atomic mass is 16.6. The maximum Gasteiger partial charge on any atom is 0.408 e. The first-order valence-electron chi connectivity index (χ1n) is 10.7. The van der Waals surface area contributed by atoms with Gasteiger partial charge in [0.2, 0.25) is 0 Å². The van der Waals surface area contributed by atoms with Gasteiger partial charge in [0, 0.05) is 18.3 Å². The van der Waals surface area contributed by atoms with Crippen LogP contribution in [-0.4, -0.2) is 21.2 Å². The Balaban J connectivity index is 2.03. The van der Waals surface area contributed by atoms with Crippen molar-refractivity contribution in [2.75, 3.05) is 0 Å². The van der Waals surface area contributed by atoms with Gasteiger partial charge >= 0.3 is 6.09 Å². The van der Waals surface area contributed by atoms with E-state index in [1.807, 2.05) is 69.3 Å². The molecule has 1 amide bonds. The van der Waals surface area contributed by atoms with Gasteiger partial charge in [0.05, 0.1) is 11.7 Å². The van der Waals surface area contributed by atoms with E-state index in [9.17, 15) is 4.79 Å². The molecule has 3 aromatic rings. The van der Waals surface area contributed by atoms with Crippen molar-refractivity contribution in [3.8, 4) is 11.3 Å². The van der Waals surface area contributed by atoms with E-state index in [0.29, 0.717) is 6.54 Å². The predicted molar refractivity (Wildman–Crippen MR) is 125 cm³/mol. The smallest absolute Gasteiger partial charge is 0.408 e. The van der Waals surface area contributed by atoms with Crippen LogP contribution in [0.3, 0.4) is 0 Å². The van der Waals surface area contributed by atoms with Gasteiger partial charge in [-0.2, -0.15) is 0 Å². The van der Waals surface area contributed by atoms with Crippen molar-refractivity contribution >= 4 is 6.09 Å². The number of benzene rings is 2. The normalized spacial score (nSPS) is 13.0. The maximum atomic E-state index is 12.7.